The maximum absolute atomic E-state index is 14.5. The van der Waals surface area contributed by atoms with Crippen molar-refractivity contribution in [3.63, 3.8) is 0 Å². The van der Waals surface area contributed by atoms with Crippen LogP contribution in [0.3, 0.4) is 0 Å². The van der Waals surface area contributed by atoms with Crippen molar-refractivity contribution in [1.29, 1.82) is 0 Å². The van der Waals surface area contributed by atoms with E-state index in [1.807, 2.05) is 6.07 Å². The lowest BCUT2D eigenvalue weighted by Crippen LogP contribution is -2.32. The maximum atomic E-state index is 14.5. The summed E-state index contributed by atoms with van der Waals surface area (Å²) in [6.45, 7) is 1.24. The van der Waals surface area contributed by atoms with Crippen LogP contribution in [0.1, 0.15) is 42.5 Å². The number of pyridine rings is 2. The number of alkyl halides is 3. The van der Waals surface area contributed by atoms with Gasteiger partial charge < -0.3 is 4.90 Å². The number of imidazole rings is 1. The number of halogens is 3. The van der Waals surface area contributed by atoms with Crippen molar-refractivity contribution in [2.24, 2.45) is 0 Å². The van der Waals surface area contributed by atoms with E-state index in [2.05, 4.69) is 15.1 Å². The van der Waals surface area contributed by atoms with Gasteiger partial charge in [-0.15, -0.1) is 0 Å². The van der Waals surface area contributed by atoms with Crippen molar-refractivity contribution in [3.8, 4) is 11.4 Å². The number of amides is 1. The van der Waals surface area contributed by atoms with Crippen molar-refractivity contribution in [2.45, 2.75) is 38.4 Å². The van der Waals surface area contributed by atoms with E-state index in [0.717, 1.165) is 25.7 Å². The highest BCUT2D eigenvalue weighted by atomic mass is 19.3. The van der Waals surface area contributed by atoms with E-state index >= 15 is 0 Å². The zero-order valence-electron chi connectivity index (χ0n) is 17.2. The number of hydrogen-bond donors (Lipinski definition) is 0. The van der Waals surface area contributed by atoms with E-state index in [1.54, 1.807) is 33.8 Å². The van der Waals surface area contributed by atoms with Gasteiger partial charge in [-0.05, 0) is 31.0 Å². The third-order valence-corrected chi connectivity index (χ3v) is 5.81. The lowest BCUT2D eigenvalue weighted by Gasteiger charge is -2.19. The highest BCUT2D eigenvalue weighted by Crippen LogP contribution is 2.32. The second-order valence-electron chi connectivity index (χ2n) is 7.87. The van der Waals surface area contributed by atoms with Gasteiger partial charge in [0.25, 0.3) is 18.6 Å². The van der Waals surface area contributed by atoms with Crippen LogP contribution in [-0.2, 0) is 0 Å². The molecule has 4 aromatic heterocycles. The summed E-state index contributed by atoms with van der Waals surface area (Å²) in [6, 6.07) is 6.76. The van der Waals surface area contributed by atoms with E-state index < -0.39 is 12.7 Å². The predicted octanol–water partition coefficient (Wildman–Crippen LogP) is 4.50. The van der Waals surface area contributed by atoms with Crippen LogP contribution < -0.4 is 0 Å². The average molecular weight is 442 g/mol. The minimum absolute atomic E-state index is 0.0895. The Hall–Kier alpha value is -3.43. The third kappa shape index (κ3) is 3.49. The maximum Gasteiger partial charge on any atom is 0.289 e. The molecule has 7 nitrogen and oxygen atoms in total. The Morgan fingerprint density at radius 1 is 1.00 bits per heavy atom. The Bertz CT molecular complexity index is 1280. The number of rotatable bonds is 4. The third-order valence-electron chi connectivity index (χ3n) is 5.81. The van der Waals surface area contributed by atoms with Crippen LogP contribution in [-0.4, -0.2) is 54.5 Å². The molecule has 0 saturated carbocycles. The van der Waals surface area contributed by atoms with E-state index in [1.165, 1.54) is 12.3 Å². The standard InChI is InChI=1S/C22H21F3N6O/c23-20(24)21(25)31-16-11-15(22(32)29-8-4-1-2-5-9-29)26-12-14(16)19(28-31)17-13-27-18-7-3-6-10-30(17)18/h3,6-7,10-13,20-21H,1-2,4-5,8-9H2. The summed E-state index contributed by atoms with van der Waals surface area (Å²) in [5, 5.41) is 4.53. The Labute approximate surface area is 181 Å². The molecular formula is C22H21F3N6O. The van der Waals surface area contributed by atoms with Crippen LogP contribution in [0.15, 0.2) is 42.9 Å². The summed E-state index contributed by atoms with van der Waals surface area (Å²) in [5.41, 5.74) is 1.60. The number of hydrogen-bond acceptors (Lipinski definition) is 4. The first-order valence-corrected chi connectivity index (χ1v) is 10.6. The molecule has 0 radical (unpaired) electrons. The monoisotopic (exact) mass is 442 g/mol. The van der Waals surface area contributed by atoms with E-state index in [-0.39, 0.29) is 22.8 Å². The number of likely N-dealkylation sites (tertiary alicyclic amines) is 1. The molecule has 1 unspecified atom stereocenters. The molecule has 4 aromatic rings. The zero-order valence-corrected chi connectivity index (χ0v) is 17.2. The van der Waals surface area contributed by atoms with Crippen molar-refractivity contribution in [3.05, 3.63) is 48.5 Å². The molecule has 1 saturated heterocycles. The quantitative estimate of drug-likeness (QED) is 0.467. The second kappa shape index (κ2) is 8.25. The highest BCUT2D eigenvalue weighted by Gasteiger charge is 2.28. The van der Waals surface area contributed by atoms with Crippen molar-refractivity contribution in [1.82, 2.24) is 29.0 Å². The summed E-state index contributed by atoms with van der Waals surface area (Å²) in [6.07, 6.45) is 2.71. The molecule has 1 fully saturated rings. The highest BCUT2D eigenvalue weighted by molar-refractivity contribution is 5.99. The van der Waals surface area contributed by atoms with Crippen LogP contribution >= 0.6 is 0 Å². The van der Waals surface area contributed by atoms with Gasteiger partial charge in [0.1, 0.15) is 17.0 Å². The van der Waals surface area contributed by atoms with Crippen LogP contribution in [0.5, 0.6) is 0 Å². The molecule has 0 spiro atoms. The zero-order chi connectivity index (χ0) is 22.2. The number of nitrogens with zero attached hydrogens (tertiary/aromatic N) is 6. The van der Waals surface area contributed by atoms with Crippen LogP contribution in [0.25, 0.3) is 27.9 Å². The van der Waals surface area contributed by atoms with Gasteiger partial charge in [0.05, 0.1) is 17.4 Å². The minimum atomic E-state index is -3.27. The van der Waals surface area contributed by atoms with Crippen LogP contribution in [0.2, 0.25) is 0 Å². The van der Waals surface area contributed by atoms with E-state index in [4.69, 9.17) is 0 Å². The predicted molar refractivity (Wildman–Crippen MR) is 112 cm³/mol. The normalized spacial score (nSPS) is 16.1. The summed E-state index contributed by atoms with van der Waals surface area (Å²) in [7, 11) is 0. The molecule has 1 aliphatic rings. The topological polar surface area (TPSA) is 68.3 Å². The SMILES string of the molecule is O=C(c1cc2c(cn1)c(-c1cnc3ccccn13)nn2C(F)C(F)F)N1CCCCCC1. The minimum Gasteiger partial charge on any atom is -0.337 e. The molecule has 5 rings (SSSR count). The number of fused-ring (bicyclic) bond motifs is 2. The van der Waals surface area contributed by atoms with Crippen LogP contribution in [0.4, 0.5) is 13.2 Å². The Kier molecular flexibility index (Phi) is 5.28. The molecule has 1 atom stereocenters. The molecule has 1 aliphatic heterocycles. The first-order chi connectivity index (χ1) is 15.5. The fourth-order valence-electron chi connectivity index (χ4n) is 4.18. The van der Waals surface area contributed by atoms with Gasteiger partial charge in [-0.3, -0.25) is 14.2 Å². The first-order valence-electron chi connectivity index (χ1n) is 10.6. The average Bonchev–Trinajstić information content (AvgIpc) is 3.28. The summed E-state index contributed by atoms with van der Waals surface area (Å²) in [5.74, 6) is -0.287. The van der Waals surface area contributed by atoms with E-state index in [9.17, 15) is 18.0 Å². The van der Waals surface area contributed by atoms with Gasteiger partial charge in [0, 0.05) is 30.9 Å². The fraction of sp³-hybridized carbons (Fsp3) is 0.364. The molecule has 0 aliphatic carbocycles. The second-order valence-corrected chi connectivity index (χ2v) is 7.87. The fourth-order valence-corrected chi connectivity index (χ4v) is 4.18. The molecule has 0 N–H and O–H groups in total. The molecule has 32 heavy (non-hydrogen) atoms. The summed E-state index contributed by atoms with van der Waals surface area (Å²) >= 11 is 0. The van der Waals surface area contributed by atoms with Gasteiger partial charge in [0.15, 0.2) is 0 Å². The largest absolute Gasteiger partial charge is 0.337 e. The van der Waals surface area contributed by atoms with Gasteiger partial charge in [0.2, 0.25) is 0 Å². The van der Waals surface area contributed by atoms with Crippen molar-refractivity contribution < 1.29 is 18.0 Å². The summed E-state index contributed by atoms with van der Waals surface area (Å²) < 4.78 is 43.5. The molecule has 0 bridgehead atoms. The van der Waals surface area contributed by atoms with Crippen molar-refractivity contribution in [2.75, 3.05) is 13.1 Å². The van der Waals surface area contributed by atoms with Crippen LogP contribution in [0, 0.1) is 0 Å². The van der Waals surface area contributed by atoms with Gasteiger partial charge in [-0.25, -0.2) is 22.8 Å². The summed E-state index contributed by atoms with van der Waals surface area (Å²) in [4.78, 5) is 23.3. The van der Waals surface area contributed by atoms with Gasteiger partial charge in [-0.2, -0.15) is 5.10 Å². The Morgan fingerprint density at radius 2 is 1.78 bits per heavy atom. The Morgan fingerprint density at radius 3 is 2.53 bits per heavy atom. The number of aromatic nitrogens is 5. The lowest BCUT2D eigenvalue weighted by atomic mass is 10.2. The molecule has 10 heteroatoms. The van der Waals surface area contributed by atoms with Gasteiger partial charge >= 0.3 is 0 Å². The molecule has 1 amide bonds. The van der Waals surface area contributed by atoms with Crippen molar-refractivity contribution >= 4 is 22.5 Å². The smallest absolute Gasteiger partial charge is 0.289 e. The molecule has 166 valence electrons. The number of carbonyl (C=O) groups is 1. The van der Waals surface area contributed by atoms with Gasteiger partial charge in [-0.1, -0.05) is 18.9 Å². The molecule has 5 heterocycles. The first kappa shape index (κ1) is 20.5. The van der Waals surface area contributed by atoms with E-state index in [0.29, 0.717) is 34.5 Å². The Balaban J connectivity index is 1.64. The lowest BCUT2D eigenvalue weighted by molar-refractivity contribution is 0.00356. The number of carbonyl (C=O) groups excluding carboxylic acids is 1. The molecular weight excluding hydrogens is 421 g/mol. The molecule has 0 aromatic carbocycles.